The highest BCUT2D eigenvalue weighted by atomic mass is 79.9. The monoisotopic (exact) mass is 427 g/mol. The predicted octanol–water partition coefficient (Wildman–Crippen LogP) is 4.44. The summed E-state index contributed by atoms with van der Waals surface area (Å²) in [6.07, 6.45) is 0. The van der Waals surface area contributed by atoms with Gasteiger partial charge >= 0.3 is 6.03 Å². The van der Waals surface area contributed by atoms with Gasteiger partial charge in [0.25, 0.3) is 5.69 Å². The van der Waals surface area contributed by atoms with Crippen LogP contribution in [0.15, 0.2) is 51.4 Å². The van der Waals surface area contributed by atoms with Gasteiger partial charge in [0.1, 0.15) is 0 Å². The Morgan fingerprint density at radius 1 is 1.18 bits per heavy atom. The first-order chi connectivity index (χ1) is 10.5. The third-order valence-electron chi connectivity index (χ3n) is 2.80. The molecule has 2 aromatic carbocycles. The molecule has 8 heteroatoms. The summed E-state index contributed by atoms with van der Waals surface area (Å²) in [7, 11) is 0. The molecule has 0 aliphatic rings. The second kappa shape index (κ2) is 7.37. The molecule has 2 amide bonds. The molecule has 0 unspecified atom stereocenters. The summed E-state index contributed by atoms with van der Waals surface area (Å²) >= 11 is 6.65. The van der Waals surface area contributed by atoms with Crippen LogP contribution in [0.5, 0.6) is 0 Å². The lowest BCUT2D eigenvalue weighted by molar-refractivity contribution is -0.385. The van der Waals surface area contributed by atoms with E-state index in [2.05, 4.69) is 42.5 Å². The van der Waals surface area contributed by atoms with E-state index in [-0.39, 0.29) is 12.2 Å². The van der Waals surface area contributed by atoms with Gasteiger partial charge in [0.15, 0.2) is 0 Å². The van der Waals surface area contributed by atoms with Gasteiger partial charge < -0.3 is 10.6 Å². The third-order valence-corrected chi connectivity index (χ3v) is 3.99. The highest BCUT2D eigenvalue weighted by Gasteiger charge is 2.13. The van der Waals surface area contributed by atoms with Gasteiger partial charge in [-0.15, -0.1) is 0 Å². The maximum atomic E-state index is 11.9. The van der Waals surface area contributed by atoms with Crippen LogP contribution in [0.3, 0.4) is 0 Å². The molecule has 114 valence electrons. The van der Waals surface area contributed by atoms with Crippen molar-refractivity contribution in [2.75, 3.05) is 5.32 Å². The van der Waals surface area contributed by atoms with Gasteiger partial charge in [-0.25, -0.2) is 4.79 Å². The van der Waals surface area contributed by atoms with E-state index in [1.54, 1.807) is 30.3 Å². The number of halogens is 2. The average Bonchev–Trinajstić information content (AvgIpc) is 2.49. The van der Waals surface area contributed by atoms with Gasteiger partial charge in [-0.2, -0.15) is 0 Å². The zero-order valence-electron chi connectivity index (χ0n) is 11.2. The minimum Gasteiger partial charge on any atom is -0.334 e. The number of nitrogens with zero attached hydrogens (tertiary/aromatic N) is 1. The number of nitrogens with one attached hydrogen (secondary N) is 2. The topological polar surface area (TPSA) is 84.3 Å². The van der Waals surface area contributed by atoms with E-state index in [0.29, 0.717) is 11.3 Å². The molecule has 0 heterocycles. The Morgan fingerprint density at radius 3 is 2.64 bits per heavy atom. The number of hydrogen-bond acceptors (Lipinski definition) is 3. The first-order valence-corrected chi connectivity index (χ1v) is 7.78. The van der Waals surface area contributed by atoms with Gasteiger partial charge in [-0.05, 0) is 34.1 Å². The number of hydrogen-bond donors (Lipinski definition) is 2. The molecule has 22 heavy (non-hydrogen) atoms. The molecule has 0 saturated carbocycles. The van der Waals surface area contributed by atoms with Gasteiger partial charge in [-0.1, -0.05) is 34.1 Å². The van der Waals surface area contributed by atoms with Crippen molar-refractivity contribution in [3.63, 3.8) is 0 Å². The van der Waals surface area contributed by atoms with Crippen LogP contribution < -0.4 is 10.6 Å². The number of rotatable bonds is 4. The fourth-order valence-corrected chi connectivity index (χ4v) is 2.48. The fraction of sp³-hybridized carbons (Fsp3) is 0.0714. The lowest BCUT2D eigenvalue weighted by Crippen LogP contribution is -2.28. The Balaban J connectivity index is 2.02. The van der Waals surface area contributed by atoms with Gasteiger partial charge in [0, 0.05) is 20.6 Å². The molecule has 2 rings (SSSR count). The molecular weight excluding hydrogens is 418 g/mol. The number of amides is 2. The number of carbonyl (C=O) groups is 1. The lowest BCUT2D eigenvalue weighted by atomic mass is 10.2. The molecule has 0 aliphatic heterocycles. The van der Waals surface area contributed by atoms with E-state index in [0.717, 1.165) is 8.95 Å². The Bertz CT molecular complexity index is 722. The molecule has 0 atom stereocenters. The summed E-state index contributed by atoms with van der Waals surface area (Å²) in [4.78, 5) is 22.3. The molecule has 0 bridgehead atoms. The summed E-state index contributed by atoms with van der Waals surface area (Å²) in [6.45, 7) is 0.0641. The summed E-state index contributed by atoms with van der Waals surface area (Å²) in [5.41, 5.74) is 1.01. The minimum atomic E-state index is -0.472. The smallest absolute Gasteiger partial charge is 0.319 e. The maximum absolute atomic E-state index is 11.9. The number of benzene rings is 2. The van der Waals surface area contributed by atoms with Crippen molar-refractivity contribution in [1.29, 1.82) is 0 Å². The minimum absolute atomic E-state index is 0.0218. The van der Waals surface area contributed by atoms with E-state index in [1.807, 2.05) is 6.07 Å². The molecule has 0 saturated heterocycles. The van der Waals surface area contributed by atoms with Crippen LogP contribution in [-0.2, 0) is 6.54 Å². The van der Waals surface area contributed by atoms with Crippen molar-refractivity contribution in [1.82, 2.24) is 5.32 Å². The van der Waals surface area contributed by atoms with E-state index < -0.39 is 11.0 Å². The number of urea groups is 1. The molecular formula is C14H11Br2N3O3. The van der Waals surface area contributed by atoms with Gasteiger partial charge in [-0.3, -0.25) is 10.1 Å². The largest absolute Gasteiger partial charge is 0.334 e. The molecule has 0 radical (unpaired) electrons. The maximum Gasteiger partial charge on any atom is 0.319 e. The molecule has 2 aromatic rings. The number of nitro groups is 1. The zero-order chi connectivity index (χ0) is 16.1. The second-order valence-corrected chi connectivity index (χ2v) is 6.09. The van der Waals surface area contributed by atoms with Crippen molar-refractivity contribution in [2.24, 2.45) is 0 Å². The number of anilines is 1. The molecule has 0 aromatic heterocycles. The Labute approximate surface area is 143 Å². The Morgan fingerprint density at radius 2 is 1.91 bits per heavy atom. The summed E-state index contributed by atoms with van der Waals surface area (Å²) in [5, 5.41) is 16.2. The Kier molecular flexibility index (Phi) is 5.51. The quantitative estimate of drug-likeness (QED) is 0.557. The number of nitro benzene ring substituents is 1. The molecule has 2 N–H and O–H groups in total. The van der Waals surface area contributed by atoms with Gasteiger partial charge in [0.2, 0.25) is 0 Å². The van der Waals surface area contributed by atoms with Crippen LogP contribution in [0.4, 0.5) is 16.2 Å². The molecule has 6 nitrogen and oxygen atoms in total. The fourth-order valence-electron chi connectivity index (χ4n) is 1.77. The number of carbonyl (C=O) groups excluding carboxylic acids is 1. The zero-order valence-corrected chi connectivity index (χ0v) is 14.3. The third kappa shape index (κ3) is 4.28. The van der Waals surface area contributed by atoms with Crippen molar-refractivity contribution in [3.8, 4) is 0 Å². The molecule has 0 fully saturated rings. The lowest BCUT2D eigenvalue weighted by Gasteiger charge is -2.10. The van der Waals surface area contributed by atoms with E-state index in [9.17, 15) is 14.9 Å². The van der Waals surface area contributed by atoms with Crippen molar-refractivity contribution in [2.45, 2.75) is 6.54 Å². The molecule has 0 spiro atoms. The van der Waals surface area contributed by atoms with E-state index in [1.165, 1.54) is 6.07 Å². The SMILES string of the molecule is O=C(NCc1ccccc1[N+](=O)[O-])Nc1cc(Br)ccc1Br. The highest BCUT2D eigenvalue weighted by Crippen LogP contribution is 2.26. The van der Waals surface area contributed by atoms with Crippen LogP contribution >= 0.6 is 31.9 Å². The number of para-hydroxylation sites is 1. The van der Waals surface area contributed by atoms with Crippen molar-refractivity contribution >= 4 is 49.3 Å². The van der Waals surface area contributed by atoms with Crippen LogP contribution in [0, 0.1) is 10.1 Å². The van der Waals surface area contributed by atoms with Gasteiger partial charge in [0.05, 0.1) is 17.2 Å². The van der Waals surface area contributed by atoms with Crippen LogP contribution in [0.2, 0.25) is 0 Å². The summed E-state index contributed by atoms with van der Waals surface area (Å²) in [6, 6.07) is 11.2. The standard InChI is InChI=1S/C14H11Br2N3O3/c15-10-5-6-11(16)12(7-10)18-14(20)17-8-9-3-1-2-4-13(9)19(21)22/h1-7H,8H2,(H2,17,18,20). The summed E-state index contributed by atoms with van der Waals surface area (Å²) < 4.78 is 1.56. The first kappa shape index (κ1) is 16.4. The van der Waals surface area contributed by atoms with Crippen LogP contribution in [0.25, 0.3) is 0 Å². The van der Waals surface area contributed by atoms with Crippen molar-refractivity contribution < 1.29 is 9.72 Å². The molecule has 0 aliphatic carbocycles. The van der Waals surface area contributed by atoms with E-state index >= 15 is 0 Å². The predicted molar refractivity (Wildman–Crippen MR) is 90.8 cm³/mol. The normalized spacial score (nSPS) is 10.1. The summed E-state index contributed by atoms with van der Waals surface area (Å²) in [5.74, 6) is 0. The Hall–Kier alpha value is -1.93. The van der Waals surface area contributed by atoms with E-state index in [4.69, 9.17) is 0 Å². The van der Waals surface area contributed by atoms with Crippen LogP contribution in [-0.4, -0.2) is 11.0 Å². The first-order valence-electron chi connectivity index (χ1n) is 6.19. The van der Waals surface area contributed by atoms with Crippen molar-refractivity contribution in [3.05, 3.63) is 67.1 Å². The highest BCUT2D eigenvalue weighted by molar-refractivity contribution is 9.11. The van der Waals surface area contributed by atoms with Crippen LogP contribution in [0.1, 0.15) is 5.56 Å². The second-order valence-electron chi connectivity index (χ2n) is 4.32. The average molecular weight is 429 g/mol.